The third kappa shape index (κ3) is 4.14. The van der Waals surface area contributed by atoms with Crippen LogP contribution in [0.3, 0.4) is 0 Å². The van der Waals surface area contributed by atoms with Crippen LogP contribution in [0, 0.1) is 0 Å². The van der Waals surface area contributed by atoms with Gasteiger partial charge < -0.3 is 15.4 Å². The third-order valence-corrected chi connectivity index (χ3v) is 4.69. The lowest BCUT2D eigenvalue weighted by molar-refractivity contribution is 0.0950. The number of pyridine rings is 1. The Balaban J connectivity index is 1.92. The molecule has 26 heavy (non-hydrogen) atoms. The van der Waals surface area contributed by atoms with E-state index in [1.54, 1.807) is 19.5 Å². The van der Waals surface area contributed by atoms with E-state index in [1.165, 1.54) is 11.3 Å². The maximum atomic E-state index is 12.5. The summed E-state index contributed by atoms with van der Waals surface area (Å²) < 4.78 is 6.10. The average Bonchev–Trinajstić information content (AvgIpc) is 3.14. The van der Waals surface area contributed by atoms with Crippen LogP contribution >= 0.6 is 11.3 Å². The summed E-state index contributed by atoms with van der Waals surface area (Å²) in [6.07, 6.45) is 4.36. The predicted octanol–water partition coefficient (Wildman–Crippen LogP) is 3.03. The number of aromatic nitrogens is 3. The summed E-state index contributed by atoms with van der Waals surface area (Å²) in [5.74, 6) is 0.206. The highest BCUT2D eigenvalue weighted by molar-refractivity contribution is 7.17. The number of thiophene rings is 1. The van der Waals surface area contributed by atoms with E-state index in [0.717, 1.165) is 22.2 Å². The molecule has 3 rings (SSSR count). The minimum Gasteiger partial charge on any atom is -0.382 e. The van der Waals surface area contributed by atoms with Gasteiger partial charge in [0.1, 0.15) is 0 Å². The van der Waals surface area contributed by atoms with Crippen LogP contribution in [-0.2, 0) is 4.74 Å². The van der Waals surface area contributed by atoms with Gasteiger partial charge in [0.25, 0.3) is 5.91 Å². The zero-order chi connectivity index (χ0) is 18.4. The summed E-state index contributed by atoms with van der Waals surface area (Å²) in [5, 5.41) is 8.06. The lowest BCUT2D eigenvalue weighted by Crippen LogP contribution is -2.26. The van der Waals surface area contributed by atoms with Crippen LogP contribution in [0.4, 0.5) is 5.95 Å². The van der Waals surface area contributed by atoms with Crippen LogP contribution in [0.25, 0.3) is 10.2 Å². The molecule has 0 aliphatic carbocycles. The van der Waals surface area contributed by atoms with Crippen molar-refractivity contribution in [3.63, 3.8) is 0 Å². The molecule has 0 saturated carbocycles. The average molecular weight is 371 g/mol. The molecular formula is C18H21N5O2S. The molecule has 1 atom stereocenters. The smallest absolute Gasteiger partial charge is 0.271 e. The second-order valence-corrected chi connectivity index (χ2v) is 6.64. The van der Waals surface area contributed by atoms with Gasteiger partial charge in [-0.25, -0.2) is 9.97 Å². The summed E-state index contributed by atoms with van der Waals surface area (Å²) in [6, 6.07) is 5.54. The minimum atomic E-state index is -0.186. The lowest BCUT2D eigenvalue weighted by atomic mass is 10.1. The number of rotatable bonds is 8. The molecule has 2 N–H and O–H groups in total. The first-order valence-electron chi connectivity index (χ1n) is 8.41. The van der Waals surface area contributed by atoms with E-state index in [4.69, 9.17) is 4.74 Å². The fraction of sp³-hybridized carbons (Fsp3) is 0.333. The first kappa shape index (κ1) is 18.2. The standard InChI is InChI=1S/C18H21N5O2S/c1-3-7-20-17(24)15-16-13(6-9-26-16)21-18(23-15)22-14(11-25-2)12-5-4-8-19-10-12/h4-6,8-10,14H,3,7,11H2,1-2H3,(H,20,24)(H,21,22,23). The van der Waals surface area contributed by atoms with Crippen molar-refractivity contribution in [2.24, 2.45) is 0 Å². The Kier molecular flexibility index (Phi) is 6.08. The molecule has 3 aromatic rings. The molecule has 3 heterocycles. The van der Waals surface area contributed by atoms with Crippen LogP contribution in [0.1, 0.15) is 35.4 Å². The Morgan fingerprint density at radius 1 is 1.35 bits per heavy atom. The highest BCUT2D eigenvalue weighted by atomic mass is 32.1. The normalized spacial score (nSPS) is 12.1. The van der Waals surface area contributed by atoms with Gasteiger partial charge in [-0.2, -0.15) is 0 Å². The van der Waals surface area contributed by atoms with Crippen LogP contribution in [0.15, 0.2) is 36.0 Å². The number of carbonyl (C=O) groups is 1. The van der Waals surface area contributed by atoms with Crippen molar-refractivity contribution < 1.29 is 9.53 Å². The number of nitrogens with one attached hydrogen (secondary N) is 2. The van der Waals surface area contributed by atoms with Gasteiger partial charge >= 0.3 is 0 Å². The number of methoxy groups -OCH3 is 1. The van der Waals surface area contributed by atoms with Gasteiger partial charge in [-0.1, -0.05) is 13.0 Å². The monoisotopic (exact) mass is 371 g/mol. The molecule has 0 bridgehead atoms. The SMILES string of the molecule is CCCNC(=O)c1nc(NC(COC)c2cccnc2)nc2ccsc12. The Morgan fingerprint density at radius 3 is 2.96 bits per heavy atom. The van der Waals surface area contributed by atoms with Gasteiger partial charge in [0.2, 0.25) is 5.95 Å². The highest BCUT2D eigenvalue weighted by Crippen LogP contribution is 2.25. The molecule has 8 heteroatoms. The molecule has 0 aliphatic heterocycles. The first-order chi connectivity index (χ1) is 12.7. The molecule has 0 radical (unpaired) electrons. The Morgan fingerprint density at radius 2 is 2.23 bits per heavy atom. The molecule has 0 aliphatic rings. The summed E-state index contributed by atoms with van der Waals surface area (Å²) in [5.41, 5.74) is 2.10. The molecule has 136 valence electrons. The topological polar surface area (TPSA) is 89.0 Å². The van der Waals surface area contributed by atoms with Gasteiger partial charge in [0.05, 0.1) is 22.9 Å². The van der Waals surface area contributed by atoms with Crippen LogP contribution in [0.2, 0.25) is 0 Å². The second kappa shape index (κ2) is 8.68. The van der Waals surface area contributed by atoms with E-state index in [0.29, 0.717) is 24.8 Å². The van der Waals surface area contributed by atoms with Crippen molar-refractivity contribution in [1.82, 2.24) is 20.3 Å². The molecule has 1 amide bonds. The number of hydrogen-bond acceptors (Lipinski definition) is 7. The quantitative estimate of drug-likeness (QED) is 0.633. The van der Waals surface area contributed by atoms with Gasteiger partial charge in [-0.15, -0.1) is 11.3 Å². The van der Waals surface area contributed by atoms with E-state index in [1.807, 2.05) is 30.5 Å². The number of anilines is 1. The largest absolute Gasteiger partial charge is 0.382 e. The van der Waals surface area contributed by atoms with E-state index in [9.17, 15) is 4.79 Å². The van der Waals surface area contributed by atoms with E-state index < -0.39 is 0 Å². The zero-order valence-electron chi connectivity index (χ0n) is 14.7. The molecule has 0 saturated heterocycles. The minimum absolute atomic E-state index is 0.170. The van der Waals surface area contributed by atoms with Crippen LogP contribution < -0.4 is 10.6 Å². The summed E-state index contributed by atoms with van der Waals surface area (Å²) in [7, 11) is 1.64. The van der Waals surface area contributed by atoms with Crippen LogP contribution in [-0.4, -0.2) is 41.1 Å². The molecular weight excluding hydrogens is 350 g/mol. The van der Waals surface area contributed by atoms with E-state index >= 15 is 0 Å². The van der Waals surface area contributed by atoms with E-state index in [2.05, 4.69) is 25.6 Å². The molecule has 1 unspecified atom stereocenters. The van der Waals surface area contributed by atoms with Gasteiger partial charge in [0.15, 0.2) is 5.69 Å². The summed E-state index contributed by atoms with van der Waals surface area (Å²) >= 11 is 1.46. The van der Waals surface area contributed by atoms with Crippen molar-refractivity contribution in [3.05, 3.63) is 47.2 Å². The molecule has 0 fully saturated rings. The number of fused-ring (bicyclic) bond motifs is 1. The summed E-state index contributed by atoms with van der Waals surface area (Å²) in [4.78, 5) is 25.7. The lowest BCUT2D eigenvalue weighted by Gasteiger charge is -2.18. The number of amides is 1. The predicted molar refractivity (Wildman–Crippen MR) is 103 cm³/mol. The Hall–Kier alpha value is -2.58. The maximum Gasteiger partial charge on any atom is 0.271 e. The number of nitrogens with zero attached hydrogens (tertiary/aromatic N) is 3. The maximum absolute atomic E-state index is 12.5. The number of carbonyl (C=O) groups excluding carboxylic acids is 1. The highest BCUT2D eigenvalue weighted by Gasteiger charge is 2.18. The van der Waals surface area contributed by atoms with E-state index in [-0.39, 0.29) is 11.9 Å². The van der Waals surface area contributed by atoms with Crippen molar-refractivity contribution >= 4 is 33.4 Å². The molecule has 7 nitrogen and oxygen atoms in total. The van der Waals surface area contributed by atoms with Crippen molar-refractivity contribution in [2.45, 2.75) is 19.4 Å². The zero-order valence-corrected chi connectivity index (χ0v) is 15.5. The second-order valence-electron chi connectivity index (χ2n) is 5.73. The molecule has 3 aromatic heterocycles. The number of hydrogen-bond donors (Lipinski definition) is 2. The Labute approximate surface area is 155 Å². The first-order valence-corrected chi connectivity index (χ1v) is 9.29. The van der Waals surface area contributed by atoms with Crippen molar-refractivity contribution in [1.29, 1.82) is 0 Å². The fourth-order valence-electron chi connectivity index (χ4n) is 2.53. The van der Waals surface area contributed by atoms with Gasteiger partial charge in [-0.3, -0.25) is 9.78 Å². The molecule has 0 aromatic carbocycles. The third-order valence-electron chi connectivity index (χ3n) is 3.78. The Bertz CT molecular complexity index is 868. The van der Waals surface area contributed by atoms with Gasteiger partial charge in [0, 0.05) is 26.0 Å². The number of ether oxygens (including phenoxy) is 1. The van der Waals surface area contributed by atoms with Crippen molar-refractivity contribution in [2.75, 3.05) is 25.6 Å². The fourth-order valence-corrected chi connectivity index (χ4v) is 3.35. The summed E-state index contributed by atoms with van der Waals surface area (Å²) in [6.45, 7) is 3.05. The van der Waals surface area contributed by atoms with Gasteiger partial charge in [-0.05, 0) is 29.5 Å². The molecule has 0 spiro atoms. The van der Waals surface area contributed by atoms with Crippen LogP contribution in [0.5, 0.6) is 0 Å². The van der Waals surface area contributed by atoms with Crippen molar-refractivity contribution in [3.8, 4) is 0 Å².